The molecule has 1 N–H and O–H groups in total. The highest BCUT2D eigenvalue weighted by Gasteiger charge is 2.27. The third-order valence-electron chi connectivity index (χ3n) is 6.45. The zero-order chi connectivity index (χ0) is 24.3. The van der Waals surface area contributed by atoms with Crippen LogP contribution in [0.25, 0.3) is 11.0 Å². The Kier molecular flexibility index (Phi) is 7.23. The molecule has 1 amide bonds. The van der Waals surface area contributed by atoms with Crippen LogP contribution in [-0.4, -0.2) is 54.4 Å². The Hall–Kier alpha value is -2.91. The number of piperidine rings is 1. The number of nitrogens with one attached hydrogen (secondary N) is 1. The molecule has 9 heteroatoms. The summed E-state index contributed by atoms with van der Waals surface area (Å²) in [5.74, 6) is 0.522. The minimum absolute atomic E-state index is 0.0904. The first kappa shape index (κ1) is 24.2. The number of nitrogens with zero attached hydrogens (tertiary/aromatic N) is 4. The van der Waals surface area contributed by atoms with Gasteiger partial charge in [0, 0.05) is 26.2 Å². The van der Waals surface area contributed by atoms with Crippen molar-refractivity contribution in [3.8, 4) is 0 Å². The van der Waals surface area contributed by atoms with Crippen LogP contribution < -0.4 is 10.2 Å². The third-order valence-corrected chi connectivity index (χ3v) is 8.34. The van der Waals surface area contributed by atoms with Gasteiger partial charge in [0.15, 0.2) is 0 Å². The molecule has 1 aliphatic heterocycles. The first-order valence-corrected chi connectivity index (χ1v) is 13.4. The number of aryl methyl sites for hydroxylation is 1. The minimum atomic E-state index is -3.61. The van der Waals surface area contributed by atoms with Crippen LogP contribution in [0.5, 0.6) is 0 Å². The zero-order valence-electron chi connectivity index (χ0n) is 20.1. The van der Waals surface area contributed by atoms with Crippen LogP contribution >= 0.6 is 0 Å². The molecule has 34 heavy (non-hydrogen) atoms. The Morgan fingerprint density at radius 3 is 2.47 bits per heavy atom. The summed E-state index contributed by atoms with van der Waals surface area (Å²) in [6.45, 7) is 8.59. The van der Waals surface area contributed by atoms with Crippen molar-refractivity contribution < 1.29 is 13.2 Å². The molecule has 1 saturated heterocycles. The van der Waals surface area contributed by atoms with Gasteiger partial charge < -0.3 is 14.8 Å². The van der Waals surface area contributed by atoms with E-state index < -0.39 is 10.0 Å². The van der Waals surface area contributed by atoms with E-state index in [-0.39, 0.29) is 17.3 Å². The van der Waals surface area contributed by atoms with Gasteiger partial charge in [0.05, 0.1) is 27.3 Å². The van der Waals surface area contributed by atoms with E-state index >= 15 is 0 Å². The van der Waals surface area contributed by atoms with Gasteiger partial charge in [0.2, 0.25) is 15.9 Å². The van der Waals surface area contributed by atoms with Gasteiger partial charge in [-0.2, -0.15) is 4.31 Å². The van der Waals surface area contributed by atoms with E-state index in [0.717, 1.165) is 54.9 Å². The Balaban J connectivity index is 1.66. The molecule has 2 aromatic carbocycles. The SMILES string of the molecule is CCN(CC)c1ccc(S(=O)(=O)N2CCCCC2)cc1NC(=O)Cn1c(C)nc2ccccc21. The number of hydrogen-bond donors (Lipinski definition) is 1. The number of amides is 1. The van der Waals surface area contributed by atoms with Crippen LogP contribution in [-0.2, 0) is 21.4 Å². The van der Waals surface area contributed by atoms with Gasteiger partial charge in [-0.15, -0.1) is 0 Å². The maximum absolute atomic E-state index is 13.3. The van der Waals surface area contributed by atoms with E-state index in [2.05, 4.69) is 15.2 Å². The molecule has 2 heterocycles. The lowest BCUT2D eigenvalue weighted by Crippen LogP contribution is -2.35. The van der Waals surface area contributed by atoms with Crippen LogP contribution in [0.15, 0.2) is 47.4 Å². The second-order valence-corrected chi connectivity index (χ2v) is 10.5. The molecule has 0 bridgehead atoms. The molecule has 3 aromatic rings. The molecule has 0 spiro atoms. The Morgan fingerprint density at radius 2 is 1.76 bits per heavy atom. The van der Waals surface area contributed by atoms with Gasteiger partial charge >= 0.3 is 0 Å². The maximum atomic E-state index is 13.3. The molecule has 182 valence electrons. The molecule has 8 nitrogen and oxygen atoms in total. The van der Waals surface area contributed by atoms with E-state index in [1.165, 1.54) is 0 Å². The number of benzene rings is 2. The van der Waals surface area contributed by atoms with Crippen LogP contribution in [0, 0.1) is 6.92 Å². The monoisotopic (exact) mass is 483 g/mol. The molecule has 1 aromatic heterocycles. The van der Waals surface area contributed by atoms with Crippen molar-refractivity contribution in [2.45, 2.75) is 51.5 Å². The molecule has 0 atom stereocenters. The number of aromatic nitrogens is 2. The standard InChI is InChI=1S/C25H33N5O3S/c1-4-28(5-2)23-14-13-20(34(32,33)29-15-9-6-10-16-29)17-22(23)27-25(31)18-30-19(3)26-21-11-7-8-12-24(21)30/h7-8,11-14,17H,4-6,9-10,15-16,18H2,1-3H3,(H,27,31). The van der Waals surface area contributed by atoms with Crippen molar-refractivity contribution in [1.82, 2.24) is 13.9 Å². The first-order chi connectivity index (χ1) is 16.3. The van der Waals surface area contributed by atoms with E-state index in [1.54, 1.807) is 22.5 Å². The van der Waals surface area contributed by atoms with Crippen molar-refractivity contribution in [3.63, 3.8) is 0 Å². The lowest BCUT2D eigenvalue weighted by molar-refractivity contribution is -0.116. The number of anilines is 2. The normalized spacial score (nSPS) is 14.9. The molecule has 0 radical (unpaired) electrons. The number of imidazole rings is 1. The summed E-state index contributed by atoms with van der Waals surface area (Å²) in [5, 5.41) is 2.99. The lowest BCUT2D eigenvalue weighted by atomic mass is 10.2. The highest BCUT2D eigenvalue weighted by Crippen LogP contribution is 2.31. The van der Waals surface area contributed by atoms with Gasteiger partial charge in [-0.1, -0.05) is 18.6 Å². The predicted octanol–water partition coefficient (Wildman–Crippen LogP) is 4.00. The number of sulfonamides is 1. The molecule has 1 fully saturated rings. The summed E-state index contributed by atoms with van der Waals surface area (Å²) in [5.41, 5.74) is 3.05. The van der Waals surface area contributed by atoms with Gasteiger partial charge in [0.25, 0.3) is 0 Å². The average molecular weight is 484 g/mol. The van der Waals surface area contributed by atoms with E-state index in [1.807, 2.05) is 49.6 Å². The highest BCUT2D eigenvalue weighted by molar-refractivity contribution is 7.89. The number of hydrogen-bond acceptors (Lipinski definition) is 5. The van der Waals surface area contributed by atoms with E-state index in [0.29, 0.717) is 18.8 Å². The Morgan fingerprint density at radius 1 is 1.06 bits per heavy atom. The van der Waals surface area contributed by atoms with Crippen LogP contribution in [0.1, 0.15) is 38.9 Å². The van der Waals surface area contributed by atoms with Crippen LogP contribution in [0.2, 0.25) is 0 Å². The van der Waals surface area contributed by atoms with E-state index in [4.69, 9.17) is 0 Å². The molecular weight excluding hydrogens is 450 g/mol. The summed E-state index contributed by atoms with van der Waals surface area (Å²) in [6, 6.07) is 12.8. The molecule has 0 saturated carbocycles. The summed E-state index contributed by atoms with van der Waals surface area (Å²) in [4.78, 5) is 20.0. The number of carbonyl (C=O) groups excluding carboxylic acids is 1. The summed E-state index contributed by atoms with van der Waals surface area (Å²) < 4.78 is 30.0. The quantitative estimate of drug-likeness (QED) is 0.523. The van der Waals surface area contributed by atoms with Crippen molar-refractivity contribution >= 4 is 38.3 Å². The average Bonchev–Trinajstić information content (AvgIpc) is 3.16. The maximum Gasteiger partial charge on any atom is 0.244 e. The third kappa shape index (κ3) is 4.81. The van der Waals surface area contributed by atoms with Crippen LogP contribution in [0.4, 0.5) is 11.4 Å². The fourth-order valence-electron chi connectivity index (χ4n) is 4.60. The lowest BCUT2D eigenvalue weighted by Gasteiger charge is -2.28. The molecule has 0 aliphatic carbocycles. The van der Waals surface area contributed by atoms with Gasteiger partial charge in [-0.05, 0) is 63.9 Å². The predicted molar refractivity (Wildman–Crippen MR) is 136 cm³/mol. The van der Waals surface area contributed by atoms with Crippen molar-refractivity contribution in [3.05, 3.63) is 48.3 Å². The molecule has 4 rings (SSSR count). The fraction of sp³-hybridized carbons (Fsp3) is 0.440. The fourth-order valence-corrected chi connectivity index (χ4v) is 6.14. The Labute approximate surface area is 201 Å². The highest BCUT2D eigenvalue weighted by atomic mass is 32.2. The summed E-state index contributed by atoms with van der Waals surface area (Å²) >= 11 is 0. The smallest absolute Gasteiger partial charge is 0.244 e. The van der Waals surface area contributed by atoms with Crippen molar-refractivity contribution in [1.29, 1.82) is 0 Å². The van der Waals surface area contributed by atoms with Gasteiger partial charge in [-0.25, -0.2) is 13.4 Å². The van der Waals surface area contributed by atoms with Crippen LogP contribution in [0.3, 0.4) is 0 Å². The first-order valence-electron chi connectivity index (χ1n) is 12.0. The second kappa shape index (κ2) is 10.1. The van der Waals surface area contributed by atoms with Gasteiger partial charge in [0.1, 0.15) is 12.4 Å². The molecule has 0 unspecified atom stereocenters. The number of carbonyl (C=O) groups is 1. The topological polar surface area (TPSA) is 87.5 Å². The number of para-hydroxylation sites is 2. The summed E-state index contributed by atoms with van der Waals surface area (Å²) in [7, 11) is -3.61. The molecular formula is C25H33N5O3S. The largest absolute Gasteiger partial charge is 0.370 e. The van der Waals surface area contributed by atoms with Crippen molar-refractivity contribution in [2.75, 3.05) is 36.4 Å². The van der Waals surface area contributed by atoms with E-state index in [9.17, 15) is 13.2 Å². The second-order valence-electron chi connectivity index (χ2n) is 8.60. The van der Waals surface area contributed by atoms with Crippen molar-refractivity contribution in [2.24, 2.45) is 0 Å². The number of fused-ring (bicyclic) bond motifs is 1. The Bertz CT molecular complexity index is 1270. The number of rotatable bonds is 8. The summed E-state index contributed by atoms with van der Waals surface area (Å²) in [6.07, 6.45) is 2.80. The molecule has 1 aliphatic rings. The minimum Gasteiger partial charge on any atom is -0.370 e. The van der Waals surface area contributed by atoms with Gasteiger partial charge in [-0.3, -0.25) is 4.79 Å². The zero-order valence-corrected chi connectivity index (χ0v) is 20.9.